The fourth-order valence-corrected chi connectivity index (χ4v) is 0.857. The van der Waals surface area contributed by atoms with Crippen LogP contribution in [0, 0.1) is 10.1 Å². The molecule has 1 aromatic heterocycles. The third-order valence-electron chi connectivity index (χ3n) is 1.48. The lowest BCUT2D eigenvalue weighted by molar-refractivity contribution is -0.391. The van der Waals surface area contributed by atoms with Crippen LogP contribution in [0.3, 0.4) is 0 Å². The van der Waals surface area contributed by atoms with E-state index in [1.165, 1.54) is 13.2 Å². The zero-order chi connectivity index (χ0) is 10.0. The Hall–Kier alpha value is -2.05. The van der Waals surface area contributed by atoms with E-state index in [0.717, 1.165) is 6.07 Å². The summed E-state index contributed by atoms with van der Waals surface area (Å²) >= 11 is 0. The minimum absolute atomic E-state index is 0.0609. The Morgan fingerprint density at radius 2 is 2.31 bits per heavy atom. The lowest BCUT2D eigenvalue weighted by atomic mass is 10.4. The summed E-state index contributed by atoms with van der Waals surface area (Å²) in [6.45, 7) is 0. The second kappa shape index (κ2) is 3.13. The van der Waals surface area contributed by atoms with Crippen LogP contribution in [-0.4, -0.2) is 22.7 Å². The fourth-order valence-electron chi connectivity index (χ4n) is 0.857. The van der Waals surface area contributed by atoms with E-state index in [4.69, 9.17) is 5.84 Å². The molecular weight excluding hydrogens is 178 g/mol. The van der Waals surface area contributed by atoms with Gasteiger partial charge in [0, 0.05) is 12.1 Å². The summed E-state index contributed by atoms with van der Waals surface area (Å²) in [5.41, 5.74) is -0.0609. The second-order valence-corrected chi connectivity index (χ2v) is 2.20. The first kappa shape index (κ1) is 9.04. The molecular formula is C6H7N3O4. The van der Waals surface area contributed by atoms with Gasteiger partial charge in [0.05, 0.1) is 7.11 Å². The molecule has 0 amide bonds. The van der Waals surface area contributed by atoms with Gasteiger partial charge in [-0.25, -0.2) is 4.79 Å². The molecule has 0 aliphatic carbocycles. The van der Waals surface area contributed by atoms with Gasteiger partial charge < -0.3 is 14.9 Å². The number of nitrogens with two attached hydrogens (primary N) is 1. The van der Waals surface area contributed by atoms with Gasteiger partial charge in [-0.2, -0.15) is 0 Å². The molecule has 70 valence electrons. The normalized spacial score (nSPS) is 9.62. The summed E-state index contributed by atoms with van der Waals surface area (Å²) in [6, 6.07) is 2.36. The van der Waals surface area contributed by atoms with E-state index in [-0.39, 0.29) is 11.5 Å². The predicted molar refractivity (Wildman–Crippen MR) is 42.6 cm³/mol. The van der Waals surface area contributed by atoms with E-state index in [1.54, 1.807) is 0 Å². The minimum Gasteiger partial charge on any atom is -0.463 e. The highest BCUT2D eigenvalue weighted by atomic mass is 16.6. The average molecular weight is 185 g/mol. The monoisotopic (exact) mass is 185 g/mol. The zero-order valence-corrected chi connectivity index (χ0v) is 6.76. The summed E-state index contributed by atoms with van der Waals surface area (Å²) in [5, 5.41) is 10.3. The largest absolute Gasteiger partial charge is 0.463 e. The van der Waals surface area contributed by atoms with E-state index in [0.29, 0.717) is 4.68 Å². The van der Waals surface area contributed by atoms with Gasteiger partial charge in [-0.3, -0.25) is 5.84 Å². The number of esters is 1. The Morgan fingerprint density at radius 3 is 2.69 bits per heavy atom. The van der Waals surface area contributed by atoms with E-state index in [2.05, 4.69) is 4.74 Å². The number of nitrogen functional groups attached to an aromatic ring is 1. The van der Waals surface area contributed by atoms with Crippen molar-refractivity contribution in [3.05, 3.63) is 27.9 Å². The number of ether oxygens (including phenoxy) is 1. The van der Waals surface area contributed by atoms with Gasteiger partial charge >= 0.3 is 11.8 Å². The highest BCUT2D eigenvalue weighted by molar-refractivity contribution is 5.88. The molecule has 0 aromatic carbocycles. The Balaban J connectivity index is 3.13. The average Bonchev–Trinajstić information content (AvgIpc) is 2.46. The van der Waals surface area contributed by atoms with E-state index in [9.17, 15) is 14.9 Å². The SMILES string of the molecule is COC(=O)c1ccc([N+](=O)[O-])n1N. The van der Waals surface area contributed by atoms with Crippen LogP contribution in [-0.2, 0) is 4.74 Å². The molecule has 0 saturated carbocycles. The summed E-state index contributed by atoms with van der Waals surface area (Å²) in [6.07, 6.45) is 0. The Morgan fingerprint density at radius 1 is 1.69 bits per heavy atom. The number of hydrogen-bond acceptors (Lipinski definition) is 5. The van der Waals surface area contributed by atoms with Crippen LogP contribution in [0.5, 0.6) is 0 Å². The molecule has 0 spiro atoms. The lowest BCUT2D eigenvalue weighted by Gasteiger charge is -1.97. The molecule has 1 heterocycles. The van der Waals surface area contributed by atoms with Crippen molar-refractivity contribution < 1.29 is 14.5 Å². The molecule has 0 atom stereocenters. The van der Waals surface area contributed by atoms with Crippen molar-refractivity contribution in [1.82, 2.24) is 4.68 Å². The van der Waals surface area contributed by atoms with Gasteiger partial charge in [-0.05, 0) is 4.92 Å². The summed E-state index contributed by atoms with van der Waals surface area (Å²) in [4.78, 5) is 20.5. The van der Waals surface area contributed by atoms with Crippen LogP contribution in [0.15, 0.2) is 12.1 Å². The molecule has 7 heteroatoms. The number of methoxy groups -OCH3 is 1. The van der Waals surface area contributed by atoms with Crippen LogP contribution in [0.25, 0.3) is 0 Å². The number of hydrogen-bond donors (Lipinski definition) is 1. The maximum Gasteiger partial charge on any atom is 0.380 e. The summed E-state index contributed by atoms with van der Waals surface area (Å²) in [7, 11) is 1.17. The zero-order valence-electron chi connectivity index (χ0n) is 6.76. The first-order chi connectivity index (χ1) is 6.07. The van der Waals surface area contributed by atoms with Gasteiger partial charge in [0.15, 0.2) is 0 Å². The maximum absolute atomic E-state index is 10.9. The molecule has 1 aromatic rings. The Kier molecular flexibility index (Phi) is 2.18. The van der Waals surface area contributed by atoms with E-state index >= 15 is 0 Å². The van der Waals surface area contributed by atoms with Crippen molar-refractivity contribution in [1.29, 1.82) is 0 Å². The second-order valence-electron chi connectivity index (χ2n) is 2.20. The number of nitrogens with zero attached hydrogens (tertiary/aromatic N) is 2. The minimum atomic E-state index is -0.712. The highest BCUT2D eigenvalue weighted by Gasteiger charge is 2.21. The topological polar surface area (TPSA) is 100 Å². The van der Waals surface area contributed by atoms with Crippen molar-refractivity contribution in [3.8, 4) is 0 Å². The van der Waals surface area contributed by atoms with Gasteiger partial charge in [0.25, 0.3) is 0 Å². The lowest BCUT2D eigenvalue weighted by Crippen LogP contribution is -2.18. The van der Waals surface area contributed by atoms with E-state index in [1.807, 2.05) is 0 Å². The molecule has 0 fully saturated rings. The molecule has 0 saturated heterocycles. The first-order valence-corrected chi connectivity index (χ1v) is 3.27. The number of carbonyl (C=O) groups is 1. The fraction of sp³-hybridized carbons (Fsp3) is 0.167. The summed E-state index contributed by atoms with van der Waals surface area (Å²) in [5.74, 6) is 4.18. The first-order valence-electron chi connectivity index (χ1n) is 3.27. The number of nitro groups is 1. The quantitative estimate of drug-likeness (QED) is 0.300. The summed E-state index contributed by atoms with van der Waals surface area (Å²) < 4.78 is 5.02. The highest BCUT2D eigenvalue weighted by Crippen LogP contribution is 2.13. The molecule has 2 N–H and O–H groups in total. The third kappa shape index (κ3) is 1.43. The number of rotatable bonds is 2. The predicted octanol–water partition coefficient (Wildman–Crippen LogP) is -0.103. The van der Waals surface area contributed by atoms with Gasteiger partial charge in [-0.1, -0.05) is 0 Å². The molecule has 0 unspecified atom stereocenters. The van der Waals surface area contributed by atoms with Gasteiger partial charge in [0.1, 0.15) is 0 Å². The van der Waals surface area contributed by atoms with Crippen molar-refractivity contribution in [2.45, 2.75) is 0 Å². The molecule has 0 radical (unpaired) electrons. The van der Waals surface area contributed by atoms with Crippen molar-refractivity contribution >= 4 is 11.8 Å². The Bertz CT molecular complexity index is 357. The van der Waals surface area contributed by atoms with Gasteiger partial charge in [-0.15, -0.1) is 4.68 Å². The van der Waals surface area contributed by atoms with Crippen LogP contribution in [0.4, 0.5) is 5.82 Å². The van der Waals surface area contributed by atoms with Crippen LogP contribution in [0.2, 0.25) is 0 Å². The molecule has 13 heavy (non-hydrogen) atoms. The van der Waals surface area contributed by atoms with E-state index < -0.39 is 10.9 Å². The van der Waals surface area contributed by atoms with Crippen LogP contribution >= 0.6 is 0 Å². The van der Waals surface area contributed by atoms with Crippen LogP contribution in [0.1, 0.15) is 10.5 Å². The molecule has 1 rings (SSSR count). The van der Waals surface area contributed by atoms with Crippen molar-refractivity contribution in [3.63, 3.8) is 0 Å². The molecule has 0 aliphatic rings. The standard InChI is InChI=1S/C6H7N3O4/c1-13-6(10)4-2-3-5(8(4)7)9(11)12/h2-3H,7H2,1H3. The molecule has 7 nitrogen and oxygen atoms in total. The maximum atomic E-state index is 10.9. The third-order valence-corrected chi connectivity index (χ3v) is 1.48. The van der Waals surface area contributed by atoms with Crippen LogP contribution < -0.4 is 5.84 Å². The smallest absolute Gasteiger partial charge is 0.380 e. The van der Waals surface area contributed by atoms with Gasteiger partial charge in [0.2, 0.25) is 5.69 Å². The van der Waals surface area contributed by atoms with Crippen molar-refractivity contribution in [2.24, 2.45) is 0 Å². The number of aromatic nitrogens is 1. The molecule has 0 bridgehead atoms. The Labute approximate surface area is 72.8 Å². The number of carbonyl (C=O) groups excluding carboxylic acids is 1. The van der Waals surface area contributed by atoms with Crippen molar-refractivity contribution in [2.75, 3.05) is 13.0 Å². The molecule has 0 aliphatic heterocycles.